The van der Waals surface area contributed by atoms with Crippen molar-refractivity contribution in [3.63, 3.8) is 0 Å². The largest absolute Gasteiger partial charge is 0.508 e. The number of Topliss-reactive ketones (excluding diaryl/α,β-unsaturated/α-hetero) is 2. The van der Waals surface area contributed by atoms with E-state index in [9.17, 15) is 19.8 Å². The molecule has 6 aromatic rings. The minimum atomic E-state index is -0.191. The van der Waals surface area contributed by atoms with E-state index in [0.29, 0.717) is 34.0 Å². The molecule has 0 bridgehead atoms. The first kappa shape index (κ1) is 31.6. The van der Waals surface area contributed by atoms with Gasteiger partial charge in [-0.05, 0) is 105 Å². The number of hydrogen-bond donors (Lipinski definition) is 2. The lowest BCUT2D eigenvalue weighted by molar-refractivity contribution is 0.0983. The van der Waals surface area contributed by atoms with Gasteiger partial charge in [0, 0.05) is 57.0 Å². The number of ether oxygens (including phenoxy) is 2. The van der Waals surface area contributed by atoms with E-state index in [2.05, 4.69) is 0 Å². The number of fused-ring (bicyclic) bond motifs is 4. The van der Waals surface area contributed by atoms with Crippen LogP contribution >= 0.6 is 23.2 Å². The van der Waals surface area contributed by atoms with Gasteiger partial charge in [-0.25, -0.2) is 0 Å². The highest BCUT2D eigenvalue weighted by Gasteiger charge is 2.34. The maximum absolute atomic E-state index is 12.4. The molecule has 2 aliphatic rings. The van der Waals surface area contributed by atoms with Crippen molar-refractivity contribution in [1.29, 1.82) is 0 Å². The summed E-state index contributed by atoms with van der Waals surface area (Å²) in [5.41, 5.74) is 4.68. The molecule has 6 aromatic carbocycles. The van der Waals surface area contributed by atoms with Crippen LogP contribution in [-0.2, 0) is 0 Å². The van der Waals surface area contributed by atoms with Crippen LogP contribution in [0.2, 0.25) is 10.0 Å². The van der Waals surface area contributed by atoms with E-state index in [1.807, 2.05) is 60.7 Å². The fraction of sp³-hybridized carbons (Fsp3) is 0.150. The van der Waals surface area contributed by atoms with Gasteiger partial charge in [0.2, 0.25) is 0 Å². The molecule has 2 N–H and O–H groups in total. The Labute approximate surface area is 287 Å². The van der Waals surface area contributed by atoms with Crippen molar-refractivity contribution < 1.29 is 29.3 Å². The van der Waals surface area contributed by atoms with Crippen molar-refractivity contribution in [2.45, 2.75) is 24.7 Å². The zero-order valence-corrected chi connectivity index (χ0v) is 27.6. The third-order valence-corrected chi connectivity index (χ3v) is 9.82. The average molecular weight is 678 g/mol. The number of halogens is 2. The molecule has 8 heteroatoms. The zero-order valence-electron chi connectivity index (χ0n) is 26.1. The first-order valence-corrected chi connectivity index (χ1v) is 16.2. The molecular weight excluding hydrogens is 647 g/mol. The second-order valence-electron chi connectivity index (χ2n) is 12.0. The lowest BCUT2D eigenvalue weighted by Gasteiger charge is -2.17. The van der Waals surface area contributed by atoms with Gasteiger partial charge in [-0.3, -0.25) is 9.59 Å². The van der Waals surface area contributed by atoms with Crippen molar-refractivity contribution in [3.05, 3.63) is 140 Å². The van der Waals surface area contributed by atoms with E-state index in [1.54, 1.807) is 50.6 Å². The molecule has 0 saturated heterocycles. The van der Waals surface area contributed by atoms with Crippen molar-refractivity contribution in [1.82, 2.24) is 0 Å². The van der Waals surface area contributed by atoms with Gasteiger partial charge in [-0.15, -0.1) is 0 Å². The molecule has 0 fully saturated rings. The first-order valence-electron chi connectivity index (χ1n) is 15.4. The fourth-order valence-corrected chi connectivity index (χ4v) is 7.47. The summed E-state index contributed by atoms with van der Waals surface area (Å²) in [4.78, 5) is 24.7. The van der Waals surface area contributed by atoms with Gasteiger partial charge in [-0.2, -0.15) is 0 Å². The summed E-state index contributed by atoms with van der Waals surface area (Å²) in [5.74, 6) is 1.67. The zero-order chi connectivity index (χ0) is 33.7. The van der Waals surface area contributed by atoms with Crippen LogP contribution in [-0.4, -0.2) is 36.0 Å². The van der Waals surface area contributed by atoms with Gasteiger partial charge < -0.3 is 19.7 Å². The summed E-state index contributed by atoms with van der Waals surface area (Å²) in [6, 6.07) is 29.1. The van der Waals surface area contributed by atoms with E-state index in [1.165, 1.54) is 0 Å². The van der Waals surface area contributed by atoms with E-state index >= 15 is 0 Å². The number of phenolic OH excluding ortho intramolecular Hbond substituents is 2. The Hall–Kier alpha value is -5.04. The third kappa shape index (κ3) is 5.51. The highest BCUT2D eigenvalue weighted by atomic mass is 35.5. The minimum Gasteiger partial charge on any atom is -0.508 e. The Bertz CT molecular complexity index is 2120. The average Bonchev–Trinajstić information content (AvgIpc) is 3.58. The molecule has 0 amide bonds. The number of ketones is 2. The van der Waals surface area contributed by atoms with Gasteiger partial charge in [0.1, 0.15) is 23.0 Å². The molecule has 0 spiro atoms. The molecular formula is C40H30Cl2O6. The molecule has 0 radical (unpaired) electrons. The summed E-state index contributed by atoms with van der Waals surface area (Å²) in [6.45, 7) is 0. The van der Waals surface area contributed by atoms with Gasteiger partial charge >= 0.3 is 0 Å². The van der Waals surface area contributed by atoms with E-state index in [0.717, 1.165) is 55.3 Å². The summed E-state index contributed by atoms with van der Waals surface area (Å²) < 4.78 is 10.5. The minimum absolute atomic E-state index is 0.0802. The molecule has 0 saturated carbocycles. The van der Waals surface area contributed by atoms with Crippen LogP contribution in [0.1, 0.15) is 67.6 Å². The van der Waals surface area contributed by atoms with Gasteiger partial charge in [-0.1, -0.05) is 47.5 Å². The maximum Gasteiger partial charge on any atom is 0.164 e. The lowest BCUT2D eigenvalue weighted by atomic mass is 9.88. The quantitative estimate of drug-likeness (QED) is 0.193. The Morgan fingerprint density at radius 3 is 1.38 bits per heavy atom. The highest BCUT2D eigenvalue weighted by Crippen LogP contribution is 2.47. The lowest BCUT2D eigenvalue weighted by Crippen LogP contribution is -1.99. The molecule has 0 unspecified atom stereocenters. The summed E-state index contributed by atoms with van der Waals surface area (Å²) in [7, 11) is 3.24. The van der Waals surface area contributed by atoms with Crippen LogP contribution in [0, 0.1) is 0 Å². The van der Waals surface area contributed by atoms with E-state index < -0.39 is 0 Å². The third-order valence-electron chi connectivity index (χ3n) is 9.35. The summed E-state index contributed by atoms with van der Waals surface area (Å²) >= 11 is 12.3. The van der Waals surface area contributed by atoms with Crippen LogP contribution in [0.3, 0.4) is 0 Å². The number of phenols is 2. The van der Waals surface area contributed by atoms with Gasteiger partial charge in [0.25, 0.3) is 0 Å². The van der Waals surface area contributed by atoms with Crippen LogP contribution < -0.4 is 9.47 Å². The number of carbonyl (C=O) groups is 2. The predicted octanol–water partition coefficient (Wildman–Crippen LogP) is 9.85. The number of hydrogen-bond acceptors (Lipinski definition) is 6. The van der Waals surface area contributed by atoms with E-state index in [4.69, 9.17) is 32.7 Å². The number of methoxy groups -OCH3 is 2. The monoisotopic (exact) mass is 676 g/mol. The molecule has 6 nitrogen and oxygen atoms in total. The topological polar surface area (TPSA) is 93.1 Å². The fourth-order valence-electron chi connectivity index (χ4n) is 7.10. The second kappa shape index (κ2) is 12.5. The smallest absolute Gasteiger partial charge is 0.164 e. The molecule has 2 aliphatic carbocycles. The van der Waals surface area contributed by atoms with Crippen molar-refractivity contribution in [2.75, 3.05) is 14.2 Å². The van der Waals surface area contributed by atoms with Crippen LogP contribution in [0.25, 0.3) is 21.5 Å². The second-order valence-corrected chi connectivity index (χ2v) is 12.9. The number of aromatic hydroxyl groups is 2. The number of rotatable bonds is 4. The summed E-state index contributed by atoms with van der Waals surface area (Å²) in [6.07, 6.45) is 0.683. The molecule has 0 aromatic heterocycles. The number of carbonyl (C=O) groups excluding carboxylic acids is 2. The summed E-state index contributed by atoms with van der Waals surface area (Å²) in [5, 5.41) is 25.9. The number of benzene rings is 6. The van der Waals surface area contributed by atoms with Crippen molar-refractivity contribution in [2.24, 2.45) is 0 Å². The van der Waals surface area contributed by atoms with Crippen LogP contribution in [0.4, 0.5) is 0 Å². The molecule has 0 heterocycles. The predicted molar refractivity (Wildman–Crippen MR) is 189 cm³/mol. The standard InChI is InChI=1S/2C20H15ClO3/c2*1-24-13-4-6-14-11(8-13)2-7-18(22)20(14)17-10-19(23)15-5-3-12(21)9-16(15)17/h2*2-9,17,22H,10H2,1H3/t2*17-/m00/s1. The molecule has 0 aliphatic heterocycles. The molecule has 2 atom stereocenters. The van der Waals surface area contributed by atoms with Gasteiger partial charge in [0.05, 0.1) is 14.2 Å². The molecule has 8 rings (SSSR count). The van der Waals surface area contributed by atoms with Crippen molar-refractivity contribution in [3.8, 4) is 23.0 Å². The molecule has 240 valence electrons. The Morgan fingerprint density at radius 1 is 0.562 bits per heavy atom. The van der Waals surface area contributed by atoms with Gasteiger partial charge in [0.15, 0.2) is 11.6 Å². The Kier molecular flexibility index (Phi) is 8.24. The Balaban J connectivity index is 0.000000152. The molecule has 48 heavy (non-hydrogen) atoms. The first-order chi connectivity index (χ1) is 23.2. The maximum atomic E-state index is 12.4. The normalized spacial score (nSPS) is 16.4. The van der Waals surface area contributed by atoms with Crippen LogP contribution in [0.15, 0.2) is 97.1 Å². The van der Waals surface area contributed by atoms with E-state index in [-0.39, 0.29) is 34.9 Å². The highest BCUT2D eigenvalue weighted by molar-refractivity contribution is 6.31. The SMILES string of the molecule is COc1ccc2c([C@H]3CC(=O)c4ccc(Cl)cc43)c(O)ccc2c1.COc1ccc2c([C@H]3CC(=O)c4ccc(Cl)cc43)c(O)ccc2c1. The Morgan fingerprint density at radius 2 is 0.979 bits per heavy atom. The van der Waals surface area contributed by atoms with Crippen LogP contribution in [0.5, 0.6) is 23.0 Å². The van der Waals surface area contributed by atoms with Crippen molar-refractivity contribution >= 4 is 56.3 Å².